The van der Waals surface area contributed by atoms with E-state index in [9.17, 15) is 15.2 Å². The van der Waals surface area contributed by atoms with Gasteiger partial charge in [-0.2, -0.15) is 0 Å². The SMILES string of the molecule is NCC1(Cc2ccc([N+](=O)[O-])cc2)CCCCC1O. The molecule has 0 aliphatic heterocycles. The molecule has 0 bridgehead atoms. The van der Waals surface area contributed by atoms with Crippen LogP contribution in [0.4, 0.5) is 5.69 Å². The van der Waals surface area contributed by atoms with Gasteiger partial charge in [-0.3, -0.25) is 10.1 Å². The number of nitro groups is 1. The summed E-state index contributed by atoms with van der Waals surface area (Å²) in [6.07, 6.45) is 4.15. The maximum Gasteiger partial charge on any atom is 0.269 e. The van der Waals surface area contributed by atoms with Crippen LogP contribution in [-0.2, 0) is 6.42 Å². The van der Waals surface area contributed by atoms with Gasteiger partial charge in [-0.25, -0.2) is 0 Å². The Hall–Kier alpha value is -1.46. The zero-order valence-corrected chi connectivity index (χ0v) is 10.9. The molecule has 5 nitrogen and oxygen atoms in total. The monoisotopic (exact) mass is 264 g/mol. The molecule has 0 amide bonds. The second-order valence-electron chi connectivity index (χ2n) is 5.43. The quantitative estimate of drug-likeness (QED) is 0.643. The van der Waals surface area contributed by atoms with Gasteiger partial charge in [0.2, 0.25) is 0 Å². The van der Waals surface area contributed by atoms with Crippen molar-refractivity contribution in [1.82, 2.24) is 0 Å². The molecule has 1 aliphatic rings. The van der Waals surface area contributed by atoms with Crippen LogP contribution in [-0.4, -0.2) is 22.7 Å². The van der Waals surface area contributed by atoms with E-state index in [4.69, 9.17) is 5.73 Å². The summed E-state index contributed by atoms with van der Waals surface area (Å²) in [5, 5.41) is 20.9. The normalized spacial score (nSPS) is 27.2. The average molecular weight is 264 g/mol. The van der Waals surface area contributed by atoms with Crippen molar-refractivity contribution in [3.8, 4) is 0 Å². The fourth-order valence-electron chi connectivity index (χ4n) is 2.95. The molecular weight excluding hydrogens is 244 g/mol. The first-order chi connectivity index (χ1) is 9.07. The Bertz CT molecular complexity index is 447. The highest BCUT2D eigenvalue weighted by molar-refractivity contribution is 5.33. The molecule has 0 saturated heterocycles. The van der Waals surface area contributed by atoms with Gasteiger partial charge >= 0.3 is 0 Å². The first-order valence-electron chi connectivity index (χ1n) is 6.69. The first kappa shape index (κ1) is 14.0. The minimum absolute atomic E-state index is 0.0924. The van der Waals surface area contributed by atoms with Crippen LogP contribution in [0.15, 0.2) is 24.3 Å². The van der Waals surface area contributed by atoms with E-state index in [2.05, 4.69) is 0 Å². The van der Waals surface area contributed by atoms with Crippen molar-refractivity contribution in [3.63, 3.8) is 0 Å². The molecule has 1 fully saturated rings. The molecule has 1 saturated carbocycles. The van der Waals surface area contributed by atoms with Crippen LogP contribution < -0.4 is 5.73 Å². The van der Waals surface area contributed by atoms with Crippen molar-refractivity contribution in [1.29, 1.82) is 0 Å². The highest BCUT2D eigenvalue weighted by Gasteiger charge is 2.38. The van der Waals surface area contributed by atoms with Gasteiger partial charge in [0.25, 0.3) is 5.69 Å². The number of hydrogen-bond donors (Lipinski definition) is 2. The number of aliphatic hydroxyl groups excluding tert-OH is 1. The average Bonchev–Trinajstić information content (AvgIpc) is 2.42. The number of rotatable bonds is 4. The summed E-state index contributed by atoms with van der Waals surface area (Å²) >= 11 is 0. The summed E-state index contributed by atoms with van der Waals surface area (Å²) in [5.74, 6) is 0. The standard InChI is InChI=1S/C14H20N2O3/c15-10-14(8-2-1-3-13(14)17)9-11-4-6-12(7-5-11)16(18)19/h4-7,13,17H,1-3,8-10,15H2. The molecule has 1 aliphatic carbocycles. The lowest BCUT2D eigenvalue weighted by Gasteiger charge is -2.41. The Morgan fingerprint density at radius 2 is 2.05 bits per heavy atom. The summed E-state index contributed by atoms with van der Waals surface area (Å²) in [4.78, 5) is 10.2. The molecule has 0 radical (unpaired) electrons. The summed E-state index contributed by atoms with van der Waals surface area (Å²) < 4.78 is 0. The van der Waals surface area contributed by atoms with Gasteiger partial charge in [-0.1, -0.05) is 25.0 Å². The predicted octanol–water partition coefficient (Wildman–Crippen LogP) is 2.02. The molecular formula is C14H20N2O3. The fraction of sp³-hybridized carbons (Fsp3) is 0.571. The zero-order valence-electron chi connectivity index (χ0n) is 10.9. The molecule has 19 heavy (non-hydrogen) atoms. The van der Waals surface area contributed by atoms with Crippen LogP contribution >= 0.6 is 0 Å². The van der Waals surface area contributed by atoms with E-state index in [-0.39, 0.29) is 17.2 Å². The van der Waals surface area contributed by atoms with Gasteiger partial charge in [0.1, 0.15) is 0 Å². The second-order valence-corrected chi connectivity index (χ2v) is 5.43. The van der Waals surface area contributed by atoms with Crippen LogP contribution in [0.2, 0.25) is 0 Å². The van der Waals surface area contributed by atoms with Crippen LogP contribution in [0, 0.1) is 15.5 Å². The van der Waals surface area contributed by atoms with Gasteiger partial charge in [0, 0.05) is 24.1 Å². The predicted molar refractivity (Wildman–Crippen MR) is 72.8 cm³/mol. The van der Waals surface area contributed by atoms with Gasteiger partial charge in [0.05, 0.1) is 11.0 Å². The molecule has 3 N–H and O–H groups in total. The van der Waals surface area contributed by atoms with Gasteiger partial charge < -0.3 is 10.8 Å². The lowest BCUT2D eigenvalue weighted by molar-refractivity contribution is -0.384. The minimum Gasteiger partial charge on any atom is -0.392 e. The highest BCUT2D eigenvalue weighted by atomic mass is 16.6. The number of aliphatic hydroxyl groups is 1. The summed E-state index contributed by atoms with van der Waals surface area (Å²) in [7, 11) is 0. The molecule has 1 aromatic rings. The van der Waals surface area contributed by atoms with E-state index in [0.717, 1.165) is 31.2 Å². The summed E-state index contributed by atoms with van der Waals surface area (Å²) in [6.45, 7) is 0.450. The van der Waals surface area contributed by atoms with E-state index in [1.54, 1.807) is 12.1 Å². The summed E-state index contributed by atoms with van der Waals surface area (Å²) in [6, 6.07) is 6.54. The van der Waals surface area contributed by atoms with Gasteiger partial charge in [-0.15, -0.1) is 0 Å². The summed E-state index contributed by atoms with van der Waals surface area (Å²) in [5.41, 5.74) is 6.71. The van der Waals surface area contributed by atoms with Crippen LogP contribution in [0.1, 0.15) is 31.2 Å². The third kappa shape index (κ3) is 2.93. The van der Waals surface area contributed by atoms with Crippen LogP contribution in [0.25, 0.3) is 0 Å². The van der Waals surface area contributed by atoms with Crippen molar-refractivity contribution in [2.24, 2.45) is 11.1 Å². The van der Waals surface area contributed by atoms with E-state index < -0.39 is 4.92 Å². The number of nitrogens with zero attached hydrogens (tertiary/aromatic N) is 1. The molecule has 104 valence electrons. The molecule has 0 spiro atoms. The maximum absolute atomic E-state index is 10.6. The number of benzene rings is 1. The zero-order chi connectivity index (χ0) is 13.9. The number of nitro benzene ring substituents is 1. The van der Waals surface area contributed by atoms with Gasteiger partial charge in [0.15, 0.2) is 0 Å². The van der Waals surface area contributed by atoms with Crippen LogP contribution in [0.5, 0.6) is 0 Å². The molecule has 1 aromatic carbocycles. The smallest absolute Gasteiger partial charge is 0.269 e. The Labute approximate surface area is 112 Å². The Balaban J connectivity index is 2.15. The number of hydrogen-bond acceptors (Lipinski definition) is 4. The van der Waals surface area contributed by atoms with E-state index >= 15 is 0 Å². The maximum atomic E-state index is 10.6. The lowest BCUT2D eigenvalue weighted by atomic mass is 9.68. The largest absolute Gasteiger partial charge is 0.392 e. The van der Waals surface area contributed by atoms with Crippen molar-refractivity contribution in [3.05, 3.63) is 39.9 Å². The number of non-ortho nitro benzene ring substituents is 1. The fourth-order valence-corrected chi connectivity index (χ4v) is 2.95. The number of nitrogens with two attached hydrogens (primary N) is 1. The van der Waals surface area contributed by atoms with Crippen molar-refractivity contribution >= 4 is 5.69 Å². The topological polar surface area (TPSA) is 89.4 Å². The van der Waals surface area contributed by atoms with Gasteiger partial charge in [-0.05, 0) is 24.8 Å². The molecule has 0 aromatic heterocycles. The third-order valence-corrected chi connectivity index (χ3v) is 4.22. The van der Waals surface area contributed by atoms with Crippen molar-refractivity contribution < 1.29 is 10.0 Å². The molecule has 2 atom stereocenters. The Morgan fingerprint density at radius 3 is 2.58 bits per heavy atom. The van der Waals surface area contributed by atoms with E-state index in [1.165, 1.54) is 12.1 Å². The molecule has 2 unspecified atom stereocenters. The van der Waals surface area contributed by atoms with E-state index in [1.807, 2.05) is 0 Å². The van der Waals surface area contributed by atoms with Crippen LogP contribution in [0.3, 0.4) is 0 Å². The molecule has 2 rings (SSSR count). The minimum atomic E-state index is -0.405. The second kappa shape index (κ2) is 5.67. The molecule has 0 heterocycles. The van der Waals surface area contributed by atoms with Crippen molar-refractivity contribution in [2.45, 2.75) is 38.2 Å². The lowest BCUT2D eigenvalue weighted by Crippen LogP contribution is -2.45. The van der Waals surface area contributed by atoms with E-state index in [0.29, 0.717) is 13.0 Å². The first-order valence-corrected chi connectivity index (χ1v) is 6.69. The Kier molecular flexibility index (Phi) is 4.17. The third-order valence-electron chi connectivity index (χ3n) is 4.22. The molecule has 5 heteroatoms. The van der Waals surface area contributed by atoms with Crippen molar-refractivity contribution in [2.75, 3.05) is 6.54 Å². The highest BCUT2D eigenvalue weighted by Crippen LogP contribution is 2.38. The Morgan fingerprint density at radius 1 is 1.37 bits per heavy atom.